The molecule has 7 nitrogen and oxygen atoms in total. The zero-order valence-electron chi connectivity index (χ0n) is 11.1. The maximum absolute atomic E-state index is 11.6. The maximum atomic E-state index is 11.6. The highest BCUT2D eigenvalue weighted by atomic mass is 32.1. The number of aromatic nitrogens is 2. The summed E-state index contributed by atoms with van der Waals surface area (Å²) < 4.78 is 0. The molecule has 0 fully saturated rings. The smallest absolute Gasteiger partial charge is 0.321 e. The van der Waals surface area contributed by atoms with Crippen LogP contribution < -0.4 is 10.6 Å². The molecule has 2 amide bonds. The molecule has 1 atom stereocenters. The van der Waals surface area contributed by atoms with E-state index in [1.807, 2.05) is 13.8 Å². The number of carboxylic acid groups (broad SMARTS) is 1. The number of carbonyl (C=O) groups excluding carboxylic acids is 1. The largest absolute Gasteiger partial charge is 0.481 e. The minimum absolute atomic E-state index is 0.0944. The van der Waals surface area contributed by atoms with Crippen molar-refractivity contribution in [3.63, 3.8) is 0 Å². The Kier molecular flexibility index (Phi) is 5.68. The second kappa shape index (κ2) is 7.03. The van der Waals surface area contributed by atoms with Gasteiger partial charge in [-0.1, -0.05) is 25.2 Å². The number of aryl methyl sites for hydroxylation is 1. The van der Waals surface area contributed by atoms with E-state index in [9.17, 15) is 9.59 Å². The highest BCUT2D eigenvalue weighted by molar-refractivity contribution is 7.15. The van der Waals surface area contributed by atoms with Crippen LogP contribution in [0.4, 0.5) is 9.93 Å². The molecule has 1 aromatic rings. The van der Waals surface area contributed by atoms with Crippen molar-refractivity contribution in [3.8, 4) is 0 Å². The molecule has 0 aliphatic rings. The second-order valence-corrected chi connectivity index (χ2v) is 5.81. The van der Waals surface area contributed by atoms with Gasteiger partial charge in [0.2, 0.25) is 5.13 Å². The molecule has 1 heterocycles. The molecule has 106 valence electrons. The molecule has 0 saturated heterocycles. The van der Waals surface area contributed by atoms with Crippen molar-refractivity contribution in [1.82, 2.24) is 15.5 Å². The van der Waals surface area contributed by atoms with Crippen LogP contribution in [0.25, 0.3) is 0 Å². The van der Waals surface area contributed by atoms with Gasteiger partial charge in [-0.05, 0) is 19.3 Å². The highest BCUT2D eigenvalue weighted by Gasteiger charge is 2.19. The van der Waals surface area contributed by atoms with Gasteiger partial charge in [-0.15, -0.1) is 10.2 Å². The number of amides is 2. The number of rotatable bonds is 6. The maximum Gasteiger partial charge on any atom is 0.321 e. The van der Waals surface area contributed by atoms with Crippen molar-refractivity contribution >= 4 is 28.5 Å². The average molecular weight is 286 g/mol. The summed E-state index contributed by atoms with van der Waals surface area (Å²) in [4.78, 5) is 22.6. The Hall–Kier alpha value is -1.70. The van der Waals surface area contributed by atoms with Gasteiger partial charge in [0.05, 0.1) is 5.92 Å². The minimum Gasteiger partial charge on any atom is -0.481 e. The minimum atomic E-state index is -0.902. The van der Waals surface area contributed by atoms with E-state index in [1.165, 1.54) is 11.3 Å². The van der Waals surface area contributed by atoms with Crippen LogP contribution >= 0.6 is 11.3 Å². The fourth-order valence-electron chi connectivity index (χ4n) is 1.54. The number of aliphatic carboxylic acids is 1. The molecular formula is C11H18N4O3S. The first-order chi connectivity index (χ1) is 8.88. The molecule has 0 aromatic carbocycles. The molecule has 0 spiro atoms. The summed E-state index contributed by atoms with van der Waals surface area (Å²) in [5.74, 6) is -1.22. The summed E-state index contributed by atoms with van der Waals surface area (Å²) in [6, 6.07) is -0.467. The first-order valence-corrected chi connectivity index (χ1v) is 6.78. The Morgan fingerprint density at radius 1 is 1.37 bits per heavy atom. The third-order valence-corrected chi connectivity index (χ3v) is 3.11. The Bertz CT molecular complexity index is 447. The lowest BCUT2D eigenvalue weighted by atomic mass is 9.97. The van der Waals surface area contributed by atoms with Gasteiger partial charge < -0.3 is 10.4 Å². The third kappa shape index (κ3) is 5.64. The Morgan fingerprint density at radius 2 is 2.05 bits per heavy atom. The van der Waals surface area contributed by atoms with Gasteiger partial charge in [-0.2, -0.15) is 0 Å². The topological polar surface area (TPSA) is 104 Å². The van der Waals surface area contributed by atoms with Gasteiger partial charge >= 0.3 is 12.0 Å². The zero-order chi connectivity index (χ0) is 14.4. The lowest BCUT2D eigenvalue weighted by Gasteiger charge is -2.15. The molecule has 1 aromatic heterocycles. The van der Waals surface area contributed by atoms with Crippen molar-refractivity contribution in [3.05, 3.63) is 5.01 Å². The van der Waals surface area contributed by atoms with E-state index in [4.69, 9.17) is 5.11 Å². The standard InChI is InChI=1S/C11H18N4O3S/c1-6(2)4-8(9(16)17)5-12-10(18)13-11-15-14-7(3)19-11/h6,8H,4-5H2,1-3H3,(H,16,17)(H2,12,13,15,18). The number of hydrogen-bond acceptors (Lipinski definition) is 5. The Balaban J connectivity index is 2.41. The number of hydrogen-bond donors (Lipinski definition) is 3. The van der Waals surface area contributed by atoms with E-state index in [1.54, 1.807) is 6.92 Å². The van der Waals surface area contributed by atoms with Crippen LogP contribution in [0.15, 0.2) is 0 Å². The van der Waals surface area contributed by atoms with E-state index in [2.05, 4.69) is 20.8 Å². The molecule has 0 aliphatic carbocycles. The van der Waals surface area contributed by atoms with Crippen molar-refractivity contribution in [1.29, 1.82) is 0 Å². The molecule has 0 aliphatic heterocycles. The molecule has 19 heavy (non-hydrogen) atoms. The van der Waals surface area contributed by atoms with Crippen molar-refractivity contribution in [2.75, 3.05) is 11.9 Å². The van der Waals surface area contributed by atoms with Gasteiger partial charge in [0.1, 0.15) is 5.01 Å². The average Bonchev–Trinajstić information content (AvgIpc) is 2.69. The van der Waals surface area contributed by atoms with Crippen molar-refractivity contribution in [2.45, 2.75) is 27.2 Å². The van der Waals surface area contributed by atoms with Crippen LogP contribution in [-0.2, 0) is 4.79 Å². The normalized spacial score (nSPS) is 12.2. The Morgan fingerprint density at radius 3 is 2.53 bits per heavy atom. The SMILES string of the molecule is Cc1nnc(NC(=O)NCC(CC(C)C)C(=O)O)s1. The zero-order valence-corrected chi connectivity index (χ0v) is 12.0. The quantitative estimate of drug-likeness (QED) is 0.738. The fourth-order valence-corrected chi connectivity index (χ4v) is 2.13. The molecule has 1 unspecified atom stereocenters. The number of urea groups is 1. The summed E-state index contributed by atoms with van der Waals surface area (Å²) in [6.45, 7) is 5.76. The summed E-state index contributed by atoms with van der Waals surface area (Å²) in [6.07, 6.45) is 0.521. The fraction of sp³-hybridized carbons (Fsp3) is 0.636. The summed E-state index contributed by atoms with van der Waals surface area (Å²) in [7, 11) is 0. The van der Waals surface area contributed by atoms with Crippen LogP contribution in [0.3, 0.4) is 0 Å². The van der Waals surface area contributed by atoms with Crippen molar-refractivity contribution < 1.29 is 14.7 Å². The highest BCUT2D eigenvalue weighted by Crippen LogP contribution is 2.14. The number of nitrogens with zero attached hydrogens (tertiary/aromatic N) is 2. The number of anilines is 1. The van der Waals surface area contributed by atoms with Gasteiger partial charge in [0.25, 0.3) is 0 Å². The van der Waals surface area contributed by atoms with E-state index in [-0.39, 0.29) is 12.5 Å². The second-order valence-electron chi connectivity index (χ2n) is 4.63. The molecule has 8 heteroatoms. The van der Waals surface area contributed by atoms with E-state index < -0.39 is 17.9 Å². The van der Waals surface area contributed by atoms with Gasteiger partial charge in [0.15, 0.2) is 0 Å². The van der Waals surface area contributed by atoms with E-state index >= 15 is 0 Å². The first-order valence-electron chi connectivity index (χ1n) is 5.96. The van der Waals surface area contributed by atoms with Gasteiger partial charge in [0, 0.05) is 6.54 Å². The number of carbonyl (C=O) groups is 2. The molecule has 1 rings (SSSR count). The summed E-state index contributed by atoms with van der Waals surface area (Å²) >= 11 is 1.26. The molecule has 3 N–H and O–H groups in total. The summed E-state index contributed by atoms with van der Waals surface area (Å²) in [5.41, 5.74) is 0. The van der Waals surface area contributed by atoms with Gasteiger partial charge in [-0.25, -0.2) is 4.79 Å². The van der Waals surface area contributed by atoms with E-state index in [0.29, 0.717) is 11.6 Å². The Labute approximate surface area is 115 Å². The van der Waals surface area contributed by atoms with Crippen LogP contribution in [0.1, 0.15) is 25.3 Å². The van der Waals surface area contributed by atoms with Crippen LogP contribution in [-0.4, -0.2) is 33.8 Å². The van der Waals surface area contributed by atoms with Gasteiger partial charge in [-0.3, -0.25) is 10.1 Å². The predicted molar refractivity (Wildman–Crippen MR) is 72.2 cm³/mol. The first kappa shape index (κ1) is 15.4. The third-order valence-electron chi connectivity index (χ3n) is 2.36. The predicted octanol–water partition coefficient (Wildman–Crippen LogP) is 1.71. The molecule has 0 saturated carbocycles. The summed E-state index contributed by atoms with van der Waals surface area (Å²) in [5, 5.41) is 22.7. The van der Waals surface area contributed by atoms with Crippen LogP contribution in [0.2, 0.25) is 0 Å². The number of nitrogens with one attached hydrogen (secondary N) is 2. The molecule has 0 radical (unpaired) electrons. The van der Waals surface area contributed by atoms with Crippen molar-refractivity contribution in [2.24, 2.45) is 11.8 Å². The molecule has 0 bridgehead atoms. The van der Waals surface area contributed by atoms with Crippen LogP contribution in [0, 0.1) is 18.8 Å². The number of carboxylic acids is 1. The lowest BCUT2D eigenvalue weighted by Crippen LogP contribution is -2.36. The molecular weight excluding hydrogens is 268 g/mol. The lowest BCUT2D eigenvalue weighted by molar-refractivity contribution is -0.142. The monoisotopic (exact) mass is 286 g/mol. The van der Waals surface area contributed by atoms with E-state index in [0.717, 1.165) is 5.01 Å². The van der Waals surface area contributed by atoms with Crippen LogP contribution in [0.5, 0.6) is 0 Å².